The van der Waals surface area contributed by atoms with Crippen LogP contribution in [0.5, 0.6) is 0 Å². The van der Waals surface area contributed by atoms with Crippen LogP contribution in [0.3, 0.4) is 0 Å². The molecule has 7 nitrogen and oxygen atoms in total. The zero-order valence-electron chi connectivity index (χ0n) is 22.0. The maximum atomic E-state index is 14.5. The van der Waals surface area contributed by atoms with Crippen molar-refractivity contribution in [3.8, 4) is 0 Å². The Labute approximate surface area is 246 Å². The van der Waals surface area contributed by atoms with Crippen molar-refractivity contribution in [2.45, 2.75) is 15.7 Å². The zero-order chi connectivity index (χ0) is 29.5. The highest BCUT2D eigenvalue weighted by Gasteiger charge is 2.44. The number of fused-ring (bicyclic) bond motifs is 1. The smallest absolute Gasteiger partial charge is 0.274 e. The molecular weight excluding hydrogens is 589 g/mol. The van der Waals surface area contributed by atoms with Gasteiger partial charge in [0.15, 0.2) is 0 Å². The maximum Gasteiger partial charge on any atom is 0.274 e. The van der Waals surface area contributed by atoms with E-state index < -0.39 is 31.2 Å². The van der Waals surface area contributed by atoms with Crippen molar-refractivity contribution >= 4 is 47.8 Å². The van der Waals surface area contributed by atoms with Crippen LogP contribution in [-0.2, 0) is 19.7 Å². The molecule has 42 heavy (non-hydrogen) atoms. The first-order chi connectivity index (χ1) is 20.2. The van der Waals surface area contributed by atoms with E-state index in [1.54, 1.807) is 72.8 Å². The molecule has 4 aromatic carbocycles. The van der Waals surface area contributed by atoms with E-state index in [2.05, 4.69) is 0 Å². The van der Waals surface area contributed by atoms with Gasteiger partial charge in [-0.05, 0) is 41.5 Å². The highest BCUT2D eigenvalue weighted by atomic mass is 32.2. The Hall–Kier alpha value is -4.51. The van der Waals surface area contributed by atoms with Crippen molar-refractivity contribution in [1.82, 2.24) is 4.57 Å². The van der Waals surface area contributed by atoms with Crippen molar-refractivity contribution < 1.29 is 16.8 Å². The molecule has 0 aliphatic carbocycles. The van der Waals surface area contributed by atoms with Gasteiger partial charge in [-0.2, -0.15) is 0 Å². The maximum absolute atomic E-state index is 14.5. The summed E-state index contributed by atoms with van der Waals surface area (Å²) in [7, 11) is -8.74. The molecule has 0 spiro atoms. The number of nitrogens with two attached hydrogens (primary N) is 1. The molecule has 0 fully saturated rings. The largest absolute Gasteiger partial charge is 0.384 e. The summed E-state index contributed by atoms with van der Waals surface area (Å²) in [4.78, 5) is 13.2. The third kappa shape index (κ3) is 4.63. The van der Waals surface area contributed by atoms with Gasteiger partial charge in [0.25, 0.3) is 5.56 Å². The van der Waals surface area contributed by atoms with Crippen molar-refractivity contribution in [1.29, 1.82) is 0 Å². The fourth-order valence-electron chi connectivity index (χ4n) is 5.03. The molecule has 210 valence electrons. The van der Waals surface area contributed by atoms with Gasteiger partial charge < -0.3 is 5.73 Å². The lowest BCUT2D eigenvalue weighted by atomic mass is 9.97. The number of allylic oxidation sites excluding steroid dienone is 1. The third-order valence-electron chi connectivity index (χ3n) is 6.97. The van der Waals surface area contributed by atoms with E-state index in [0.29, 0.717) is 5.56 Å². The molecule has 0 amide bonds. The molecule has 0 saturated heterocycles. The zero-order valence-corrected chi connectivity index (χ0v) is 24.4. The van der Waals surface area contributed by atoms with Crippen molar-refractivity contribution in [2.75, 3.05) is 0 Å². The van der Waals surface area contributed by atoms with Gasteiger partial charge in [-0.25, -0.2) is 16.8 Å². The minimum atomic E-state index is -4.39. The minimum absolute atomic E-state index is 0.0288. The number of hydrogen-bond acceptors (Lipinski definition) is 7. The van der Waals surface area contributed by atoms with Crippen molar-refractivity contribution in [3.63, 3.8) is 0 Å². The van der Waals surface area contributed by atoms with Crippen LogP contribution in [0.2, 0.25) is 0 Å². The summed E-state index contributed by atoms with van der Waals surface area (Å²) in [6, 6.07) is 33.0. The summed E-state index contributed by atoms with van der Waals surface area (Å²) in [5.41, 5.74) is 7.16. The quantitative estimate of drug-likeness (QED) is 0.313. The Bertz CT molecular complexity index is 2220. The molecular formula is C32H24N2O5S3. The third-order valence-corrected chi connectivity index (χ3v) is 12.0. The average Bonchev–Trinajstić information content (AvgIpc) is 3.33. The number of hydrogen-bond donors (Lipinski definition) is 1. The SMILES string of the molecule is NC1=C(S(=O)(=O)c2ccccc2)[C@H](c2ccccc2)C(S(=O)(=O)c2ccccc2)=c2s/c(=C\c3ccccc3)c(=O)n21. The van der Waals surface area contributed by atoms with Crippen molar-refractivity contribution in [3.05, 3.63) is 157 Å². The molecule has 1 aliphatic rings. The molecule has 10 heteroatoms. The molecule has 6 rings (SSSR count). The minimum Gasteiger partial charge on any atom is -0.384 e. The molecule has 1 atom stereocenters. The molecule has 0 unspecified atom stereocenters. The second-order valence-electron chi connectivity index (χ2n) is 9.56. The summed E-state index contributed by atoms with van der Waals surface area (Å²) in [5, 5.41) is 0. The lowest BCUT2D eigenvalue weighted by Crippen LogP contribution is -2.41. The van der Waals surface area contributed by atoms with Crippen molar-refractivity contribution in [2.24, 2.45) is 5.73 Å². The molecule has 1 aromatic heterocycles. The number of thiazole rings is 1. The second kappa shape index (κ2) is 10.7. The fourth-order valence-corrected chi connectivity index (χ4v) is 9.99. The Balaban J connectivity index is 1.81. The number of sulfone groups is 2. The molecule has 0 saturated carbocycles. The van der Waals surface area contributed by atoms with Crippen LogP contribution < -0.4 is 20.5 Å². The van der Waals surface area contributed by atoms with Gasteiger partial charge in [-0.1, -0.05) is 97.1 Å². The Morgan fingerprint density at radius 1 is 0.643 bits per heavy atom. The molecule has 1 aliphatic heterocycles. The summed E-state index contributed by atoms with van der Waals surface area (Å²) in [5.74, 6) is -1.65. The van der Waals surface area contributed by atoms with Gasteiger partial charge >= 0.3 is 0 Å². The van der Waals surface area contributed by atoms with Crippen LogP contribution in [-0.4, -0.2) is 21.4 Å². The first-order valence-electron chi connectivity index (χ1n) is 12.9. The number of benzene rings is 4. The highest BCUT2D eigenvalue weighted by Crippen LogP contribution is 2.45. The molecule has 2 heterocycles. The van der Waals surface area contributed by atoms with E-state index in [1.807, 2.05) is 30.3 Å². The van der Waals surface area contributed by atoms with Gasteiger partial charge in [-0.3, -0.25) is 9.36 Å². The van der Waals surface area contributed by atoms with Crippen LogP contribution in [0.4, 0.5) is 0 Å². The number of nitrogens with zero attached hydrogens (tertiary/aromatic N) is 1. The van der Waals surface area contributed by atoms with Crippen LogP contribution in [0.25, 0.3) is 16.8 Å². The van der Waals surface area contributed by atoms with E-state index >= 15 is 0 Å². The first kappa shape index (κ1) is 27.6. The van der Waals surface area contributed by atoms with Crippen LogP contribution in [0.15, 0.2) is 141 Å². The molecule has 2 N–H and O–H groups in total. The Morgan fingerprint density at radius 3 is 1.62 bits per heavy atom. The first-order valence-corrected chi connectivity index (χ1v) is 16.7. The molecule has 5 aromatic rings. The van der Waals surface area contributed by atoms with Crippen LogP contribution in [0, 0.1) is 0 Å². The van der Waals surface area contributed by atoms with Gasteiger partial charge in [0.2, 0.25) is 19.7 Å². The Morgan fingerprint density at radius 2 is 1.10 bits per heavy atom. The second-order valence-corrected chi connectivity index (χ2v) is 14.4. The monoisotopic (exact) mass is 612 g/mol. The summed E-state index contributed by atoms with van der Waals surface area (Å²) >= 11 is 0.967. The summed E-state index contributed by atoms with van der Waals surface area (Å²) in [6.07, 6.45) is 1.64. The lowest BCUT2D eigenvalue weighted by Gasteiger charge is -2.28. The van der Waals surface area contributed by atoms with E-state index in [9.17, 15) is 21.6 Å². The topological polar surface area (TPSA) is 116 Å². The van der Waals surface area contributed by atoms with E-state index in [4.69, 9.17) is 5.73 Å². The summed E-state index contributed by atoms with van der Waals surface area (Å²) in [6.45, 7) is 0. The number of aromatic nitrogens is 1. The van der Waals surface area contributed by atoms with E-state index in [1.165, 1.54) is 24.3 Å². The lowest BCUT2D eigenvalue weighted by molar-refractivity contribution is 0.598. The van der Waals surface area contributed by atoms with Gasteiger partial charge in [-0.15, -0.1) is 11.3 Å². The van der Waals surface area contributed by atoms with E-state index in [0.717, 1.165) is 21.5 Å². The normalized spacial score (nSPS) is 16.0. The summed E-state index contributed by atoms with van der Waals surface area (Å²) < 4.78 is 59.0. The Kier molecular flexibility index (Phi) is 7.05. The van der Waals surface area contributed by atoms with Gasteiger partial charge in [0.1, 0.15) is 15.4 Å². The predicted octanol–water partition coefficient (Wildman–Crippen LogP) is 3.68. The van der Waals surface area contributed by atoms with Crippen LogP contribution >= 0.6 is 11.3 Å². The van der Waals surface area contributed by atoms with Gasteiger partial charge in [0.05, 0.1) is 25.1 Å². The fraction of sp³-hybridized carbons (Fsp3) is 0.0312. The molecule has 0 bridgehead atoms. The van der Waals surface area contributed by atoms with Gasteiger partial charge in [0, 0.05) is 0 Å². The average molecular weight is 613 g/mol. The predicted molar refractivity (Wildman–Crippen MR) is 165 cm³/mol. The number of rotatable bonds is 6. The molecule has 0 radical (unpaired) electrons. The highest BCUT2D eigenvalue weighted by molar-refractivity contribution is 8.00. The van der Waals surface area contributed by atoms with Crippen LogP contribution in [0.1, 0.15) is 17.0 Å². The standard InChI is InChI=1S/C32H24N2O5S3/c33-30-28(41(36,37)24-17-9-3-10-18-24)27(23-15-7-2-8-16-23)29(42(38,39)25-19-11-4-12-20-25)32-34(30)31(35)26(40-32)21-22-13-5-1-6-14-22/h1-21,27H,33H2/b26-21-/t27-/m0/s1. The van der Waals surface area contributed by atoms with E-state index in [-0.39, 0.29) is 34.6 Å².